The molecule has 1 heterocycles. The number of nitrogens with zero attached hydrogens (tertiary/aromatic N) is 2. The van der Waals surface area contributed by atoms with Gasteiger partial charge in [0.25, 0.3) is 5.24 Å². The molecule has 0 N–H and O–H groups in total. The summed E-state index contributed by atoms with van der Waals surface area (Å²) in [6.07, 6.45) is -0.254. The van der Waals surface area contributed by atoms with Crippen LogP contribution in [0.3, 0.4) is 0 Å². The summed E-state index contributed by atoms with van der Waals surface area (Å²) in [5, 5.41) is -0.455. The molecular weight excluding hydrogens is 280 g/mol. The van der Waals surface area contributed by atoms with Crippen LogP contribution in [-0.2, 0) is 4.74 Å². The summed E-state index contributed by atoms with van der Waals surface area (Å²) in [4.78, 5) is 26.5. The molecule has 1 amide bonds. The van der Waals surface area contributed by atoms with Gasteiger partial charge in [0, 0.05) is 37.4 Å². The van der Waals surface area contributed by atoms with Gasteiger partial charge in [0.05, 0.1) is 6.61 Å². The van der Waals surface area contributed by atoms with E-state index < -0.39 is 5.24 Å². The van der Waals surface area contributed by atoms with E-state index in [4.69, 9.17) is 16.3 Å². The fraction of sp³-hybridized carbons (Fsp3) is 0.429. The second kappa shape index (κ2) is 6.61. The number of rotatable bonds is 3. The minimum absolute atomic E-state index is 0.254. The zero-order chi connectivity index (χ0) is 14.5. The molecule has 0 aromatic heterocycles. The Bertz CT molecular complexity index is 482. The van der Waals surface area contributed by atoms with Gasteiger partial charge in [-0.15, -0.1) is 0 Å². The van der Waals surface area contributed by atoms with E-state index in [0.717, 1.165) is 18.8 Å². The molecule has 0 atom stereocenters. The Morgan fingerprint density at radius 1 is 1.15 bits per heavy atom. The standard InChI is InChI=1S/C14H17ClN2O3/c1-2-20-14(19)17-9-7-16(8-10-17)12-5-3-11(4-6-12)13(15)18/h3-6H,2,7-10H2,1H3. The zero-order valence-electron chi connectivity index (χ0n) is 11.3. The molecule has 0 spiro atoms. The molecule has 108 valence electrons. The highest BCUT2D eigenvalue weighted by Crippen LogP contribution is 2.18. The van der Waals surface area contributed by atoms with Crippen LogP contribution < -0.4 is 4.90 Å². The molecule has 0 radical (unpaired) electrons. The largest absolute Gasteiger partial charge is 0.450 e. The highest BCUT2D eigenvalue weighted by molar-refractivity contribution is 6.67. The molecule has 5 nitrogen and oxygen atoms in total. The van der Waals surface area contributed by atoms with Crippen LogP contribution in [0.4, 0.5) is 10.5 Å². The maximum atomic E-state index is 11.6. The first kappa shape index (κ1) is 14.7. The Labute approximate surface area is 123 Å². The number of hydrogen-bond donors (Lipinski definition) is 0. The third kappa shape index (κ3) is 3.42. The van der Waals surface area contributed by atoms with Crippen LogP contribution in [0.15, 0.2) is 24.3 Å². The molecule has 1 aromatic rings. The molecule has 0 saturated carbocycles. The van der Waals surface area contributed by atoms with Gasteiger partial charge in [0.15, 0.2) is 0 Å². The van der Waals surface area contributed by atoms with E-state index in [0.29, 0.717) is 25.3 Å². The molecule has 20 heavy (non-hydrogen) atoms. The number of amides is 1. The van der Waals surface area contributed by atoms with Crippen LogP contribution in [0.2, 0.25) is 0 Å². The Hall–Kier alpha value is -1.75. The van der Waals surface area contributed by atoms with Crippen LogP contribution in [0, 0.1) is 0 Å². The normalized spacial score (nSPS) is 15.1. The van der Waals surface area contributed by atoms with Crippen molar-refractivity contribution in [2.75, 3.05) is 37.7 Å². The van der Waals surface area contributed by atoms with Crippen LogP contribution in [-0.4, -0.2) is 49.0 Å². The SMILES string of the molecule is CCOC(=O)N1CCN(c2ccc(C(=O)Cl)cc2)CC1. The number of hydrogen-bond acceptors (Lipinski definition) is 4. The van der Waals surface area contributed by atoms with Gasteiger partial charge in [-0.3, -0.25) is 4.79 Å². The number of carbonyl (C=O) groups is 2. The van der Waals surface area contributed by atoms with Gasteiger partial charge in [-0.25, -0.2) is 4.79 Å². The first-order chi connectivity index (χ1) is 9.61. The van der Waals surface area contributed by atoms with Crippen molar-refractivity contribution in [2.24, 2.45) is 0 Å². The Morgan fingerprint density at radius 3 is 2.25 bits per heavy atom. The first-order valence-electron chi connectivity index (χ1n) is 6.58. The van der Waals surface area contributed by atoms with E-state index in [1.54, 1.807) is 24.0 Å². The van der Waals surface area contributed by atoms with E-state index in [-0.39, 0.29) is 6.09 Å². The smallest absolute Gasteiger partial charge is 0.409 e. The summed E-state index contributed by atoms with van der Waals surface area (Å²) in [5.74, 6) is 0. The van der Waals surface area contributed by atoms with E-state index in [1.807, 2.05) is 12.1 Å². The van der Waals surface area contributed by atoms with Crippen molar-refractivity contribution < 1.29 is 14.3 Å². The highest BCUT2D eigenvalue weighted by atomic mass is 35.5. The lowest BCUT2D eigenvalue weighted by molar-refractivity contribution is 0.105. The molecular formula is C14H17ClN2O3. The van der Waals surface area contributed by atoms with Gasteiger partial charge in [0.2, 0.25) is 0 Å². The third-order valence-electron chi connectivity index (χ3n) is 3.27. The van der Waals surface area contributed by atoms with Crippen LogP contribution in [0.5, 0.6) is 0 Å². The maximum Gasteiger partial charge on any atom is 0.409 e. The van der Waals surface area contributed by atoms with Gasteiger partial charge in [0.1, 0.15) is 0 Å². The lowest BCUT2D eigenvalue weighted by Crippen LogP contribution is -2.49. The summed E-state index contributed by atoms with van der Waals surface area (Å²) < 4.78 is 4.98. The third-order valence-corrected chi connectivity index (χ3v) is 3.48. The molecule has 6 heteroatoms. The van der Waals surface area contributed by atoms with Crippen LogP contribution >= 0.6 is 11.6 Å². The monoisotopic (exact) mass is 296 g/mol. The molecule has 1 aromatic carbocycles. The summed E-state index contributed by atoms with van der Waals surface area (Å²) in [6, 6.07) is 7.16. The molecule has 2 rings (SSSR count). The number of halogens is 1. The van der Waals surface area contributed by atoms with Crippen molar-refractivity contribution in [1.29, 1.82) is 0 Å². The number of anilines is 1. The van der Waals surface area contributed by atoms with Crippen molar-refractivity contribution in [2.45, 2.75) is 6.92 Å². The summed E-state index contributed by atoms with van der Waals surface area (Å²) in [5.41, 5.74) is 1.51. The predicted molar refractivity (Wildman–Crippen MR) is 77.4 cm³/mol. The van der Waals surface area contributed by atoms with E-state index in [9.17, 15) is 9.59 Å². The lowest BCUT2D eigenvalue weighted by Gasteiger charge is -2.35. The minimum Gasteiger partial charge on any atom is -0.450 e. The molecule has 1 fully saturated rings. The van der Waals surface area contributed by atoms with Crippen molar-refractivity contribution >= 4 is 28.6 Å². The fourth-order valence-corrected chi connectivity index (χ4v) is 2.29. The van der Waals surface area contributed by atoms with Crippen molar-refractivity contribution in [3.63, 3.8) is 0 Å². The lowest BCUT2D eigenvalue weighted by atomic mass is 10.2. The van der Waals surface area contributed by atoms with Gasteiger partial charge < -0.3 is 14.5 Å². The summed E-state index contributed by atoms with van der Waals surface area (Å²) >= 11 is 5.41. The van der Waals surface area contributed by atoms with Crippen molar-refractivity contribution in [3.05, 3.63) is 29.8 Å². The fourth-order valence-electron chi connectivity index (χ4n) is 2.17. The van der Waals surface area contributed by atoms with Crippen molar-refractivity contribution in [3.8, 4) is 0 Å². The quantitative estimate of drug-likeness (QED) is 0.803. The van der Waals surface area contributed by atoms with Gasteiger partial charge in [-0.2, -0.15) is 0 Å². The Kier molecular flexibility index (Phi) is 4.84. The van der Waals surface area contributed by atoms with Gasteiger partial charge in [-0.05, 0) is 42.8 Å². The maximum absolute atomic E-state index is 11.6. The predicted octanol–water partition coefficient (Wildman–Crippen LogP) is 2.34. The molecule has 0 unspecified atom stereocenters. The summed E-state index contributed by atoms with van der Waals surface area (Å²) in [6.45, 7) is 4.95. The average Bonchev–Trinajstić information content (AvgIpc) is 2.48. The molecule has 1 aliphatic heterocycles. The molecule has 0 bridgehead atoms. The van der Waals surface area contributed by atoms with E-state index in [2.05, 4.69) is 4.90 Å². The summed E-state index contributed by atoms with van der Waals surface area (Å²) in [7, 11) is 0. The average molecular weight is 297 g/mol. The highest BCUT2D eigenvalue weighted by Gasteiger charge is 2.22. The number of benzene rings is 1. The Balaban J connectivity index is 1.93. The molecule has 1 saturated heterocycles. The number of carbonyl (C=O) groups excluding carboxylic acids is 2. The second-order valence-electron chi connectivity index (χ2n) is 4.49. The van der Waals surface area contributed by atoms with Gasteiger partial charge in [-0.1, -0.05) is 0 Å². The number of ether oxygens (including phenoxy) is 1. The topological polar surface area (TPSA) is 49.9 Å². The number of piperazine rings is 1. The van der Waals surface area contributed by atoms with Crippen molar-refractivity contribution in [1.82, 2.24) is 4.90 Å². The zero-order valence-corrected chi connectivity index (χ0v) is 12.1. The van der Waals surface area contributed by atoms with E-state index >= 15 is 0 Å². The first-order valence-corrected chi connectivity index (χ1v) is 6.96. The minimum atomic E-state index is -0.455. The van der Waals surface area contributed by atoms with Crippen LogP contribution in [0.25, 0.3) is 0 Å². The second-order valence-corrected chi connectivity index (χ2v) is 4.84. The molecule has 0 aliphatic carbocycles. The van der Waals surface area contributed by atoms with Gasteiger partial charge >= 0.3 is 6.09 Å². The van der Waals surface area contributed by atoms with Crippen LogP contribution in [0.1, 0.15) is 17.3 Å². The Morgan fingerprint density at radius 2 is 1.75 bits per heavy atom. The molecule has 1 aliphatic rings. The van der Waals surface area contributed by atoms with E-state index in [1.165, 1.54) is 0 Å².